The van der Waals surface area contributed by atoms with E-state index >= 15 is 0 Å². The molecule has 2 N–H and O–H groups in total. The lowest BCUT2D eigenvalue weighted by Crippen LogP contribution is -2.13. The summed E-state index contributed by atoms with van der Waals surface area (Å²) < 4.78 is 4.88. The minimum absolute atomic E-state index is 0.447. The van der Waals surface area contributed by atoms with E-state index in [-0.39, 0.29) is 0 Å². The normalized spacial score (nSPS) is 35.3. The highest BCUT2D eigenvalue weighted by atomic mass is 16.5. The zero-order valence-electron chi connectivity index (χ0n) is 8.28. The Labute approximate surface area is 83.6 Å². The van der Waals surface area contributed by atoms with E-state index in [4.69, 9.17) is 10.3 Å². The molecule has 2 saturated carbocycles. The molecule has 3 nitrogen and oxygen atoms in total. The summed E-state index contributed by atoms with van der Waals surface area (Å²) in [4.78, 5) is 0. The van der Waals surface area contributed by atoms with Crippen molar-refractivity contribution in [2.24, 2.45) is 17.8 Å². The summed E-state index contributed by atoms with van der Waals surface area (Å²) in [6.07, 6.45) is 6.82. The molecular formula is C11H16N2O. The molecule has 2 fully saturated rings. The largest absolute Gasteiger partial charge is 0.368 e. The zero-order chi connectivity index (χ0) is 9.54. The van der Waals surface area contributed by atoms with Crippen molar-refractivity contribution in [3.05, 3.63) is 11.8 Å². The summed E-state index contributed by atoms with van der Waals surface area (Å²) in [5.41, 5.74) is 6.54. The zero-order valence-corrected chi connectivity index (χ0v) is 8.28. The van der Waals surface area contributed by atoms with Crippen LogP contribution in [0.1, 0.15) is 31.4 Å². The number of nitrogens with two attached hydrogens (primary N) is 1. The lowest BCUT2D eigenvalue weighted by atomic mass is 9.85. The highest BCUT2D eigenvalue weighted by Crippen LogP contribution is 2.49. The van der Waals surface area contributed by atoms with Crippen molar-refractivity contribution in [2.45, 2.75) is 32.1 Å². The lowest BCUT2D eigenvalue weighted by Gasteiger charge is -2.19. The van der Waals surface area contributed by atoms with Gasteiger partial charge in [0.25, 0.3) is 0 Å². The molecule has 2 aliphatic carbocycles. The Bertz CT molecular complexity index is 334. The van der Waals surface area contributed by atoms with Crippen LogP contribution in [0.2, 0.25) is 0 Å². The van der Waals surface area contributed by atoms with Crippen molar-refractivity contribution < 1.29 is 4.52 Å². The van der Waals surface area contributed by atoms with Gasteiger partial charge < -0.3 is 10.3 Å². The molecular weight excluding hydrogens is 176 g/mol. The van der Waals surface area contributed by atoms with Crippen LogP contribution in [0.15, 0.2) is 10.6 Å². The summed E-state index contributed by atoms with van der Waals surface area (Å²) in [5.74, 6) is 3.26. The van der Waals surface area contributed by atoms with Crippen LogP contribution in [0.5, 0.6) is 0 Å². The molecule has 0 spiro atoms. The number of anilines is 1. The van der Waals surface area contributed by atoms with Crippen LogP contribution in [0.25, 0.3) is 0 Å². The van der Waals surface area contributed by atoms with Crippen molar-refractivity contribution in [3.63, 3.8) is 0 Å². The summed E-state index contributed by atoms with van der Waals surface area (Å²) >= 11 is 0. The molecule has 1 aromatic heterocycles. The van der Waals surface area contributed by atoms with Gasteiger partial charge >= 0.3 is 0 Å². The number of nitrogen functional groups attached to an aromatic ring is 1. The van der Waals surface area contributed by atoms with E-state index in [0.29, 0.717) is 5.88 Å². The summed E-state index contributed by atoms with van der Waals surface area (Å²) in [7, 11) is 0. The number of rotatable bonds is 2. The van der Waals surface area contributed by atoms with Gasteiger partial charge in [-0.15, -0.1) is 0 Å². The van der Waals surface area contributed by atoms with Crippen LogP contribution < -0.4 is 5.73 Å². The summed E-state index contributed by atoms with van der Waals surface area (Å²) in [5, 5.41) is 3.96. The van der Waals surface area contributed by atoms with Crippen LogP contribution in [0.4, 0.5) is 5.88 Å². The van der Waals surface area contributed by atoms with Crippen molar-refractivity contribution >= 4 is 5.88 Å². The third-order valence-electron chi connectivity index (χ3n) is 3.93. The maximum absolute atomic E-state index is 5.50. The highest BCUT2D eigenvalue weighted by molar-refractivity contribution is 5.24. The Hall–Kier alpha value is -0.990. The van der Waals surface area contributed by atoms with Gasteiger partial charge in [0.05, 0.1) is 5.69 Å². The van der Waals surface area contributed by atoms with Crippen LogP contribution >= 0.6 is 0 Å². The van der Waals surface area contributed by atoms with E-state index in [1.54, 1.807) is 0 Å². The van der Waals surface area contributed by atoms with Crippen LogP contribution in [-0.4, -0.2) is 5.16 Å². The van der Waals surface area contributed by atoms with E-state index in [9.17, 15) is 0 Å². The predicted molar refractivity (Wildman–Crippen MR) is 53.6 cm³/mol. The number of nitrogens with zero attached hydrogens (tertiary/aromatic N) is 1. The molecule has 0 radical (unpaired) electrons. The van der Waals surface area contributed by atoms with Gasteiger partial charge in [-0.05, 0) is 43.4 Å². The van der Waals surface area contributed by atoms with E-state index < -0.39 is 0 Å². The maximum atomic E-state index is 5.50. The van der Waals surface area contributed by atoms with Gasteiger partial charge in [-0.3, -0.25) is 0 Å². The first-order valence-corrected chi connectivity index (χ1v) is 5.52. The quantitative estimate of drug-likeness (QED) is 0.781. The molecule has 0 amide bonds. The average molecular weight is 192 g/mol. The molecule has 3 rings (SSSR count). The third kappa shape index (κ3) is 1.31. The van der Waals surface area contributed by atoms with Gasteiger partial charge in [-0.1, -0.05) is 11.6 Å². The van der Waals surface area contributed by atoms with Gasteiger partial charge in [0.2, 0.25) is 5.88 Å². The van der Waals surface area contributed by atoms with Gasteiger partial charge in [0.15, 0.2) is 0 Å². The second kappa shape index (κ2) is 3.01. The topological polar surface area (TPSA) is 52.0 Å². The molecule has 3 atom stereocenters. The SMILES string of the molecule is Nc1cc(C[C@H]2C[C@H]3CC[C@@H]2C3)no1. The first-order valence-electron chi connectivity index (χ1n) is 5.52. The molecule has 0 aliphatic heterocycles. The molecule has 3 heteroatoms. The summed E-state index contributed by atoms with van der Waals surface area (Å²) in [6, 6.07) is 1.87. The fraction of sp³-hybridized carbons (Fsp3) is 0.727. The number of hydrogen-bond donors (Lipinski definition) is 1. The maximum Gasteiger partial charge on any atom is 0.222 e. The predicted octanol–water partition coefficient (Wildman–Crippen LogP) is 2.24. The van der Waals surface area contributed by atoms with Crippen molar-refractivity contribution in [1.82, 2.24) is 5.16 Å². The monoisotopic (exact) mass is 192 g/mol. The van der Waals surface area contributed by atoms with Gasteiger partial charge in [0.1, 0.15) is 0 Å². The molecule has 14 heavy (non-hydrogen) atoms. The molecule has 2 bridgehead atoms. The molecule has 2 aliphatic rings. The Morgan fingerprint density at radius 3 is 2.93 bits per heavy atom. The molecule has 0 saturated heterocycles. The van der Waals surface area contributed by atoms with E-state index in [2.05, 4.69) is 5.16 Å². The number of hydrogen-bond acceptors (Lipinski definition) is 3. The van der Waals surface area contributed by atoms with E-state index in [1.807, 2.05) is 6.07 Å². The highest BCUT2D eigenvalue weighted by Gasteiger charge is 2.39. The van der Waals surface area contributed by atoms with Crippen LogP contribution in [-0.2, 0) is 6.42 Å². The second-order valence-corrected chi connectivity index (χ2v) is 4.86. The van der Waals surface area contributed by atoms with Crippen molar-refractivity contribution in [2.75, 3.05) is 5.73 Å². The summed E-state index contributed by atoms with van der Waals surface area (Å²) in [6.45, 7) is 0. The molecule has 0 unspecified atom stereocenters. The smallest absolute Gasteiger partial charge is 0.222 e. The fourth-order valence-electron chi connectivity index (χ4n) is 3.32. The van der Waals surface area contributed by atoms with E-state index in [1.165, 1.54) is 25.7 Å². The number of aromatic nitrogens is 1. The Morgan fingerprint density at radius 2 is 2.36 bits per heavy atom. The first kappa shape index (κ1) is 8.33. The third-order valence-corrected chi connectivity index (χ3v) is 3.93. The van der Waals surface area contributed by atoms with Crippen molar-refractivity contribution in [1.29, 1.82) is 0 Å². The van der Waals surface area contributed by atoms with Crippen LogP contribution in [0.3, 0.4) is 0 Å². The van der Waals surface area contributed by atoms with Gasteiger partial charge in [0, 0.05) is 6.07 Å². The number of fused-ring (bicyclic) bond motifs is 2. The van der Waals surface area contributed by atoms with E-state index in [0.717, 1.165) is 29.9 Å². The Kier molecular flexibility index (Phi) is 1.79. The minimum Gasteiger partial charge on any atom is -0.368 e. The fourth-order valence-corrected chi connectivity index (χ4v) is 3.32. The Balaban J connectivity index is 1.68. The Morgan fingerprint density at radius 1 is 1.43 bits per heavy atom. The minimum atomic E-state index is 0.447. The molecule has 0 aromatic carbocycles. The van der Waals surface area contributed by atoms with Gasteiger partial charge in [-0.25, -0.2) is 0 Å². The average Bonchev–Trinajstić information content (AvgIpc) is 2.82. The van der Waals surface area contributed by atoms with Crippen molar-refractivity contribution in [3.8, 4) is 0 Å². The molecule has 1 aromatic rings. The first-order chi connectivity index (χ1) is 6.81. The second-order valence-electron chi connectivity index (χ2n) is 4.86. The molecule has 1 heterocycles. The molecule has 76 valence electrons. The lowest BCUT2D eigenvalue weighted by molar-refractivity contribution is 0.322. The van der Waals surface area contributed by atoms with Crippen LogP contribution in [0, 0.1) is 17.8 Å². The standard InChI is InChI=1S/C11H16N2O/c12-11-6-10(13-14-11)5-9-4-7-1-2-8(9)3-7/h6-9H,1-5,12H2/t7-,8+,9+/m0/s1. The van der Waals surface area contributed by atoms with Gasteiger partial charge in [-0.2, -0.15) is 0 Å².